The number of fused-ring (bicyclic) bond motifs is 1. The Hall–Kier alpha value is -1.53. The lowest BCUT2D eigenvalue weighted by Crippen LogP contribution is -2.02. The molecule has 2 rings (SSSR count). The van der Waals surface area contributed by atoms with Crippen molar-refractivity contribution < 1.29 is 19.4 Å². The molecule has 1 unspecified atom stereocenters. The number of aromatic carboxylic acids is 1. The summed E-state index contributed by atoms with van der Waals surface area (Å²) in [5, 5.41) is 18.3. The number of rotatable bonds is 5. The molecule has 5 nitrogen and oxygen atoms in total. The van der Waals surface area contributed by atoms with Crippen molar-refractivity contribution in [3.63, 3.8) is 0 Å². The third kappa shape index (κ3) is 2.83. The lowest BCUT2D eigenvalue weighted by molar-refractivity contribution is 0.0697. The number of aromatic nitrogens is 1. The average molecular weight is 267 g/mol. The van der Waals surface area contributed by atoms with Gasteiger partial charge in [-0.3, -0.25) is 0 Å². The van der Waals surface area contributed by atoms with Gasteiger partial charge in [0.25, 0.3) is 5.22 Å². The third-order valence-electron chi connectivity index (χ3n) is 2.42. The molecule has 1 atom stereocenters. The van der Waals surface area contributed by atoms with Gasteiger partial charge in [0.15, 0.2) is 5.58 Å². The molecule has 0 aliphatic heterocycles. The van der Waals surface area contributed by atoms with Crippen molar-refractivity contribution in [2.45, 2.75) is 12.1 Å². The van der Waals surface area contributed by atoms with Gasteiger partial charge in [-0.25, -0.2) is 9.78 Å². The summed E-state index contributed by atoms with van der Waals surface area (Å²) in [4.78, 5) is 15.1. The van der Waals surface area contributed by atoms with Crippen LogP contribution in [-0.4, -0.2) is 33.5 Å². The predicted molar refractivity (Wildman–Crippen MR) is 67.9 cm³/mol. The molecule has 2 aromatic rings. The lowest BCUT2D eigenvalue weighted by Gasteiger charge is -2.03. The molecule has 1 heterocycles. The Bertz CT molecular complexity index is 566. The lowest BCUT2D eigenvalue weighted by atomic mass is 10.2. The number of aliphatic hydroxyl groups excluding tert-OH is 1. The van der Waals surface area contributed by atoms with E-state index in [1.54, 1.807) is 6.07 Å². The average Bonchev–Trinajstić information content (AvgIpc) is 2.77. The van der Waals surface area contributed by atoms with E-state index in [1.807, 2.05) is 6.92 Å². The first kappa shape index (κ1) is 12.9. The van der Waals surface area contributed by atoms with Gasteiger partial charge in [-0.2, -0.15) is 0 Å². The van der Waals surface area contributed by atoms with Crippen LogP contribution in [-0.2, 0) is 0 Å². The largest absolute Gasteiger partial charge is 0.478 e. The van der Waals surface area contributed by atoms with Crippen LogP contribution in [0.1, 0.15) is 17.3 Å². The van der Waals surface area contributed by atoms with Gasteiger partial charge in [0.1, 0.15) is 5.52 Å². The number of carbonyl (C=O) groups is 1. The highest BCUT2D eigenvalue weighted by Gasteiger charge is 2.11. The molecule has 0 amide bonds. The molecule has 0 fully saturated rings. The summed E-state index contributed by atoms with van der Waals surface area (Å²) < 4.78 is 5.46. The number of benzene rings is 1. The molecule has 0 radical (unpaired) electrons. The Morgan fingerprint density at radius 3 is 3.00 bits per heavy atom. The quantitative estimate of drug-likeness (QED) is 0.808. The number of carboxylic acid groups (broad SMARTS) is 1. The predicted octanol–water partition coefficient (Wildman–Crippen LogP) is 2.25. The van der Waals surface area contributed by atoms with Crippen LogP contribution < -0.4 is 0 Å². The molecule has 18 heavy (non-hydrogen) atoms. The fourth-order valence-corrected chi connectivity index (χ4v) is 2.21. The SMILES string of the molecule is CC(CO)CSc1nc2ccc(C(=O)O)cc2o1. The van der Waals surface area contributed by atoms with Crippen LogP contribution in [0.15, 0.2) is 27.8 Å². The van der Waals surface area contributed by atoms with Crippen LogP contribution in [0.4, 0.5) is 0 Å². The van der Waals surface area contributed by atoms with Crippen LogP contribution in [0.2, 0.25) is 0 Å². The zero-order valence-corrected chi connectivity index (χ0v) is 10.6. The van der Waals surface area contributed by atoms with Crippen molar-refractivity contribution in [3.8, 4) is 0 Å². The fraction of sp³-hybridized carbons (Fsp3) is 0.333. The van der Waals surface area contributed by atoms with Gasteiger partial charge in [0.05, 0.1) is 5.56 Å². The summed E-state index contributed by atoms with van der Waals surface area (Å²) in [6, 6.07) is 4.59. The van der Waals surface area contributed by atoms with Crippen LogP contribution >= 0.6 is 11.8 Å². The Morgan fingerprint density at radius 2 is 2.33 bits per heavy atom. The highest BCUT2D eigenvalue weighted by atomic mass is 32.2. The monoisotopic (exact) mass is 267 g/mol. The number of oxazole rings is 1. The molecule has 0 aliphatic carbocycles. The van der Waals surface area contributed by atoms with E-state index in [0.29, 0.717) is 22.1 Å². The number of aliphatic hydroxyl groups is 1. The minimum absolute atomic E-state index is 0.121. The van der Waals surface area contributed by atoms with E-state index in [9.17, 15) is 4.79 Å². The summed E-state index contributed by atoms with van der Waals surface area (Å²) in [5.74, 6) is -0.120. The van der Waals surface area contributed by atoms with E-state index in [0.717, 1.165) is 0 Å². The van der Waals surface area contributed by atoms with Crippen molar-refractivity contribution in [2.75, 3.05) is 12.4 Å². The standard InChI is InChI=1S/C12H13NO4S/c1-7(5-14)6-18-12-13-9-3-2-8(11(15)16)4-10(9)17-12/h2-4,7,14H,5-6H2,1H3,(H,15,16). The van der Waals surface area contributed by atoms with Gasteiger partial charge in [-0.1, -0.05) is 18.7 Å². The summed E-state index contributed by atoms with van der Waals surface area (Å²) in [7, 11) is 0. The topological polar surface area (TPSA) is 83.6 Å². The fourth-order valence-electron chi connectivity index (χ4n) is 1.36. The first-order valence-corrected chi connectivity index (χ1v) is 6.46. The summed E-state index contributed by atoms with van der Waals surface area (Å²) in [5.41, 5.74) is 1.28. The number of nitrogens with zero attached hydrogens (tertiary/aromatic N) is 1. The number of hydrogen-bond donors (Lipinski definition) is 2. The van der Waals surface area contributed by atoms with Crippen molar-refractivity contribution >= 4 is 28.8 Å². The van der Waals surface area contributed by atoms with Gasteiger partial charge < -0.3 is 14.6 Å². The first-order chi connectivity index (χ1) is 8.60. The van der Waals surface area contributed by atoms with Gasteiger partial charge in [0, 0.05) is 12.4 Å². The van der Waals surface area contributed by atoms with Crippen LogP contribution in [0, 0.1) is 5.92 Å². The maximum Gasteiger partial charge on any atom is 0.335 e. The zero-order chi connectivity index (χ0) is 13.1. The molecule has 0 spiro atoms. The smallest absolute Gasteiger partial charge is 0.335 e. The number of carboxylic acids is 1. The molecule has 6 heteroatoms. The van der Waals surface area contributed by atoms with Gasteiger partial charge in [0.2, 0.25) is 0 Å². The molecule has 1 aromatic heterocycles. The summed E-state index contributed by atoms with van der Waals surface area (Å²) >= 11 is 1.41. The second-order valence-corrected chi connectivity index (χ2v) is 5.04. The minimum atomic E-state index is -0.989. The summed E-state index contributed by atoms with van der Waals surface area (Å²) in [6.07, 6.45) is 0. The van der Waals surface area contributed by atoms with E-state index in [-0.39, 0.29) is 18.1 Å². The van der Waals surface area contributed by atoms with E-state index >= 15 is 0 Å². The molecular weight excluding hydrogens is 254 g/mol. The zero-order valence-electron chi connectivity index (χ0n) is 9.79. The van der Waals surface area contributed by atoms with E-state index in [4.69, 9.17) is 14.6 Å². The molecule has 0 aliphatic rings. The molecule has 2 N–H and O–H groups in total. The minimum Gasteiger partial charge on any atom is -0.478 e. The Morgan fingerprint density at radius 1 is 1.56 bits per heavy atom. The normalized spacial score (nSPS) is 12.8. The molecule has 1 aromatic carbocycles. The third-order valence-corrected chi connectivity index (χ3v) is 3.58. The van der Waals surface area contributed by atoms with Gasteiger partial charge >= 0.3 is 5.97 Å². The highest BCUT2D eigenvalue weighted by Crippen LogP contribution is 2.25. The van der Waals surface area contributed by atoms with Crippen molar-refractivity contribution in [3.05, 3.63) is 23.8 Å². The van der Waals surface area contributed by atoms with E-state index in [2.05, 4.69) is 4.98 Å². The molecule has 96 valence electrons. The maximum absolute atomic E-state index is 10.8. The second kappa shape index (κ2) is 5.41. The van der Waals surface area contributed by atoms with Crippen LogP contribution in [0.5, 0.6) is 0 Å². The van der Waals surface area contributed by atoms with E-state index in [1.165, 1.54) is 23.9 Å². The van der Waals surface area contributed by atoms with Crippen molar-refractivity contribution in [1.82, 2.24) is 4.98 Å². The van der Waals surface area contributed by atoms with Gasteiger partial charge in [-0.05, 0) is 24.1 Å². The second-order valence-electron chi connectivity index (χ2n) is 4.07. The van der Waals surface area contributed by atoms with Crippen molar-refractivity contribution in [1.29, 1.82) is 0 Å². The first-order valence-electron chi connectivity index (χ1n) is 5.47. The van der Waals surface area contributed by atoms with Gasteiger partial charge in [-0.15, -0.1) is 0 Å². The Kier molecular flexibility index (Phi) is 3.88. The van der Waals surface area contributed by atoms with Crippen molar-refractivity contribution in [2.24, 2.45) is 5.92 Å². The van der Waals surface area contributed by atoms with Crippen LogP contribution in [0.25, 0.3) is 11.1 Å². The molecular formula is C12H13NO4S. The maximum atomic E-state index is 10.8. The number of hydrogen-bond acceptors (Lipinski definition) is 5. The Balaban J connectivity index is 2.19. The number of thioether (sulfide) groups is 1. The van der Waals surface area contributed by atoms with E-state index < -0.39 is 5.97 Å². The molecule has 0 saturated carbocycles. The highest BCUT2D eigenvalue weighted by molar-refractivity contribution is 7.99. The Labute approximate surface area is 108 Å². The molecule has 0 saturated heterocycles. The summed E-state index contributed by atoms with van der Waals surface area (Å²) in [6.45, 7) is 2.05. The van der Waals surface area contributed by atoms with Crippen LogP contribution in [0.3, 0.4) is 0 Å². The molecule has 0 bridgehead atoms.